The number of likely N-dealkylation sites (tertiary alicyclic amines) is 1. The molecule has 122 valence electrons. The average molecular weight is 324 g/mol. The van der Waals surface area contributed by atoms with Crippen molar-refractivity contribution in [3.8, 4) is 0 Å². The zero-order chi connectivity index (χ0) is 15.0. The molecular weight excluding hydrogens is 298 g/mol. The highest BCUT2D eigenvalue weighted by Crippen LogP contribution is 2.30. The first-order valence-electron chi connectivity index (χ1n) is 7.86. The monoisotopic (exact) mass is 323 g/mol. The normalized spacial score (nSPS) is 27.7. The van der Waals surface area contributed by atoms with E-state index in [2.05, 4.69) is 11.9 Å². The average Bonchev–Trinajstić information content (AvgIpc) is 2.72. The van der Waals surface area contributed by atoms with Gasteiger partial charge in [-0.2, -0.15) is 0 Å². The van der Waals surface area contributed by atoms with Crippen LogP contribution in [-0.2, 0) is 10.3 Å². The highest BCUT2D eigenvalue weighted by molar-refractivity contribution is 5.87. The molecule has 2 aliphatic heterocycles. The predicted octanol–water partition coefficient (Wildman–Crippen LogP) is 1.98. The van der Waals surface area contributed by atoms with Crippen LogP contribution in [-0.4, -0.2) is 47.9 Å². The molecule has 0 radical (unpaired) electrons. The lowest BCUT2D eigenvalue weighted by Crippen LogP contribution is -2.53. The Labute approximate surface area is 139 Å². The van der Waals surface area contributed by atoms with E-state index < -0.39 is 5.54 Å². The van der Waals surface area contributed by atoms with Crippen LogP contribution in [0.3, 0.4) is 0 Å². The largest absolute Gasteiger partial charge is 0.339 e. The predicted molar refractivity (Wildman–Crippen MR) is 91.0 cm³/mol. The number of rotatable bonds is 2. The quantitative estimate of drug-likeness (QED) is 0.905. The summed E-state index contributed by atoms with van der Waals surface area (Å²) in [5.41, 5.74) is 6.34. The van der Waals surface area contributed by atoms with Crippen LogP contribution in [0.1, 0.15) is 31.7 Å². The van der Waals surface area contributed by atoms with Gasteiger partial charge in [-0.15, -0.1) is 12.4 Å². The van der Waals surface area contributed by atoms with Gasteiger partial charge in [0.15, 0.2) is 0 Å². The van der Waals surface area contributed by atoms with E-state index in [1.165, 1.54) is 12.8 Å². The smallest absolute Gasteiger partial charge is 0.247 e. The van der Waals surface area contributed by atoms with Gasteiger partial charge in [0.25, 0.3) is 0 Å². The van der Waals surface area contributed by atoms with Gasteiger partial charge in [-0.3, -0.25) is 9.69 Å². The van der Waals surface area contributed by atoms with E-state index in [0.29, 0.717) is 12.1 Å². The molecule has 2 fully saturated rings. The zero-order valence-corrected chi connectivity index (χ0v) is 14.2. The van der Waals surface area contributed by atoms with Crippen molar-refractivity contribution in [2.24, 2.45) is 5.73 Å². The molecule has 3 rings (SSSR count). The Balaban J connectivity index is 0.00000176. The second-order valence-corrected chi connectivity index (χ2v) is 6.66. The standard InChI is InChI=1S/C17H25N3O.ClH/c1-17(18,13-6-4-3-5-7-13)16(21)20-11-10-14-8-9-15(12-20)19(14)2;/h3-7,14-15H,8-12,18H2,1-2H3;1H. The minimum absolute atomic E-state index is 0. The van der Waals surface area contributed by atoms with Crippen molar-refractivity contribution in [1.82, 2.24) is 9.80 Å². The van der Waals surface area contributed by atoms with Gasteiger partial charge < -0.3 is 10.6 Å². The van der Waals surface area contributed by atoms with Crippen LogP contribution < -0.4 is 5.73 Å². The molecule has 2 bridgehead atoms. The fraction of sp³-hybridized carbons (Fsp3) is 0.588. The van der Waals surface area contributed by atoms with E-state index in [-0.39, 0.29) is 18.3 Å². The number of carbonyl (C=O) groups is 1. The summed E-state index contributed by atoms with van der Waals surface area (Å²) in [5, 5.41) is 0. The Morgan fingerprint density at radius 2 is 1.82 bits per heavy atom. The summed E-state index contributed by atoms with van der Waals surface area (Å²) < 4.78 is 0. The minimum atomic E-state index is -0.941. The summed E-state index contributed by atoms with van der Waals surface area (Å²) in [6.45, 7) is 3.47. The molecule has 1 aromatic rings. The number of likely N-dealkylation sites (N-methyl/N-ethyl adjacent to an activating group) is 1. The highest BCUT2D eigenvalue weighted by atomic mass is 35.5. The summed E-state index contributed by atoms with van der Waals surface area (Å²) in [4.78, 5) is 17.4. The van der Waals surface area contributed by atoms with Gasteiger partial charge >= 0.3 is 0 Å². The van der Waals surface area contributed by atoms with Crippen LogP contribution in [0.25, 0.3) is 0 Å². The van der Waals surface area contributed by atoms with E-state index in [0.717, 1.165) is 25.1 Å². The minimum Gasteiger partial charge on any atom is -0.339 e. The first-order valence-corrected chi connectivity index (χ1v) is 7.86. The Hall–Kier alpha value is -1.10. The Kier molecular flexibility index (Phi) is 5.15. The molecule has 3 atom stereocenters. The number of carbonyl (C=O) groups excluding carboxylic acids is 1. The molecule has 2 aliphatic rings. The van der Waals surface area contributed by atoms with Crippen molar-refractivity contribution in [2.45, 2.75) is 43.8 Å². The van der Waals surface area contributed by atoms with Crippen molar-refractivity contribution in [2.75, 3.05) is 20.1 Å². The Morgan fingerprint density at radius 3 is 2.50 bits per heavy atom. The van der Waals surface area contributed by atoms with Crippen LogP contribution in [0, 0.1) is 0 Å². The maximum atomic E-state index is 12.9. The van der Waals surface area contributed by atoms with Gasteiger partial charge in [-0.1, -0.05) is 30.3 Å². The first-order chi connectivity index (χ1) is 10.00. The van der Waals surface area contributed by atoms with Gasteiger partial charge in [0.05, 0.1) is 0 Å². The molecule has 3 unspecified atom stereocenters. The van der Waals surface area contributed by atoms with Crippen LogP contribution in [0.4, 0.5) is 0 Å². The van der Waals surface area contributed by atoms with E-state index in [4.69, 9.17) is 5.73 Å². The van der Waals surface area contributed by atoms with Gasteiger partial charge in [0.1, 0.15) is 5.54 Å². The maximum Gasteiger partial charge on any atom is 0.247 e. The van der Waals surface area contributed by atoms with Crippen LogP contribution >= 0.6 is 12.4 Å². The number of hydrogen-bond donors (Lipinski definition) is 1. The maximum absolute atomic E-state index is 12.9. The number of amides is 1. The fourth-order valence-corrected chi connectivity index (χ4v) is 3.73. The van der Waals surface area contributed by atoms with Crippen molar-refractivity contribution in [1.29, 1.82) is 0 Å². The number of halogens is 1. The van der Waals surface area contributed by atoms with Crippen LogP contribution in [0.5, 0.6) is 0 Å². The second kappa shape index (κ2) is 6.57. The topological polar surface area (TPSA) is 49.6 Å². The Morgan fingerprint density at radius 1 is 1.18 bits per heavy atom. The number of hydrogen-bond acceptors (Lipinski definition) is 3. The van der Waals surface area contributed by atoms with Crippen LogP contribution in [0.2, 0.25) is 0 Å². The third kappa shape index (κ3) is 3.00. The molecule has 2 N–H and O–H groups in total. The van der Waals surface area contributed by atoms with Gasteiger partial charge in [0, 0.05) is 25.2 Å². The SMILES string of the molecule is CN1C2CCC1CN(C(=O)C(C)(N)c1ccccc1)CC2.Cl. The lowest BCUT2D eigenvalue weighted by Gasteiger charge is -2.33. The Bertz CT molecular complexity index is 520. The van der Waals surface area contributed by atoms with Gasteiger partial charge in [-0.05, 0) is 38.8 Å². The van der Waals surface area contributed by atoms with E-state index in [9.17, 15) is 4.79 Å². The molecule has 0 saturated carbocycles. The summed E-state index contributed by atoms with van der Waals surface area (Å²) in [6, 6.07) is 10.8. The van der Waals surface area contributed by atoms with E-state index in [1.807, 2.05) is 42.2 Å². The van der Waals surface area contributed by atoms with Crippen molar-refractivity contribution >= 4 is 18.3 Å². The molecule has 1 aromatic carbocycles. The summed E-state index contributed by atoms with van der Waals surface area (Å²) >= 11 is 0. The third-order valence-electron chi connectivity index (χ3n) is 5.25. The number of nitrogens with two attached hydrogens (primary N) is 1. The van der Waals surface area contributed by atoms with E-state index in [1.54, 1.807) is 0 Å². The highest BCUT2D eigenvalue weighted by Gasteiger charge is 2.40. The zero-order valence-electron chi connectivity index (χ0n) is 13.4. The lowest BCUT2D eigenvalue weighted by molar-refractivity contribution is -0.137. The first kappa shape index (κ1) is 17.3. The lowest BCUT2D eigenvalue weighted by atomic mass is 9.91. The third-order valence-corrected chi connectivity index (χ3v) is 5.25. The molecule has 0 spiro atoms. The summed E-state index contributed by atoms with van der Waals surface area (Å²) in [6.07, 6.45) is 3.52. The molecule has 4 nitrogen and oxygen atoms in total. The molecule has 2 heterocycles. The second-order valence-electron chi connectivity index (χ2n) is 6.66. The number of benzene rings is 1. The van der Waals surface area contributed by atoms with Gasteiger partial charge in [0.2, 0.25) is 5.91 Å². The number of nitrogens with zero attached hydrogens (tertiary/aromatic N) is 2. The molecule has 2 saturated heterocycles. The molecular formula is C17H26ClN3O. The van der Waals surface area contributed by atoms with Crippen molar-refractivity contribution in [3.05, 3.63) is 35.9 Å². The molecule has 0 aromatic heterocycles. The molecule has 22 heavy (non-hydrogen) atoms. The summed E-state index contributed by atoms with van der Waals surface area (Å²) in [5.74, 6) is 0.0506. The van der Waals surface area contributed by atoms with Crippen molar-refractivity contribution < 1.29 is 4.79 Å². The van der Waals surface area contributed by atoms with E-state index >= 15 is 0 Å². The van der Waals surface area contributed by atoms with Gasteiger partial charge in [-0.25, -0.2) is 0 Å². The van der Waals surface area contributed by atoms with Crippen LogP contribution in [0.15, 0.2) is 30.3 Å². The van der Waals surface area contributed by atoms with Crippen molar-refractivity contribution in [3.63, 3.8) is 0 Å². The fourth-order valence-electron chi connectivity index (χ4n) is 3.73. The molecule has 1 amide bonds. The molecule has 0 aliphatic carbocycles. The summed E-state index contributed by atoms with van der Waals surface area (Å²) in [7, 11) is 2.19. The molecule has 5 heteroatoms. The number of fused-ring (bicyclic) bond motifs is 2.